The van der Waals surface area contributed by atoms with Crippen molar-refractivity contribution in [2.45, 2.75) is 19.9 Å². The number of nitrogens with zero attached hydrogens (tertiary/aromatic N) is 1. The van der Waals surface area contributed by atoms with Gasteiger partial charge in [0.25, 0.3) is 0 Å². The van der Waals surface area contributed by atoms with Gasteiger partial charge in [-0.1, -0.05) is 42.5 Å². The van der Waals surface area contributed by atoms with Crippen LogP contribution < -0.4 is 10.6 Å². The molecule has 0 saturated carbocycles. The molecule has 0 aliphatic carbocycles. The summed E-state index contributed by atoms with van der Waals surface area (Å²) in [7, 11) is 0. The molecule has 2 aromatic carbocycles. The highest BCUT2D eigenvalue weighted by molar-refractivity contribution is 7.14. The van der Waals surface area contributed by atoms with Crippen molar-refractivity contribution in [1.82, 2.24) is 4.98 Å². The first-order valence-electron chi connectivity index (χ1n) is 8.22. The molecule has 1 amide bonds. The van der Waals surface area contributed by atoms with Crippen molar-refractivity contribution in [3.05, 3.63) is 65.5 Å². The number of hydrogen-bond donors (Lipinski definition) is 2. The number of carbonyl (C=O) groups is 2. The summed E-state index contributed by atoms with van der Waals surface area (Å²) in [6.07, 6.45) is 0. The molecule has 0 radical (unpaired) electrons. The quantitative estimate of drug-likeness (QED) is 0.633. The Kier molecular flexibility index (Phi) is 5.43. The average molecular weight is 365 g/mol. The van der Waals surface area contributed by atoms with Crippen molar-refractivity contribution in [2.75, 3.05) is 10.6 Å². The van der Waals surface area contributed by atoms with Crippen LogP contribution in [-0.2, 0) is 4.79 Å². The lowest BCUT2D eigenvalue weighted by atomic mass is 10.1. The Hall–Kier alpha value is -2.99. The third-order valence-electron chi connectivity index (χ3n) is 3.85. The van der Waals surface area contributed by atoms with E-state index < -0.39 is 6.04 Å². The highest BCUT2D eigenvalue weighted by Gasteiger charge is 2.15. The lowest BCUT2D eigenvalue weighted by Gasteiger charge is -2.14. The van der Waals surface area contributed by atoms with Crippen molar-refractivity contribution >= 4 is 33.8 Å². The highest BCUT2D eigenvalue weighted by atomic mass is 32.1. The first kappa shape index (κ1) is 17.8. The van der Waals surface area contributed by atoms with Gasteiger partial charge in [0.2, 0.25) is 5.91 Å². The summed E-state index contributed by atoms with van der Waals surface area (Å²) >= 11 is 1.39. The number of hydrogen-bond acceptors (Lipinski definition) is 5. The van der Waals surface area contributed by atoms with Gasteiger partial charge in [0.05, 0.1) is 5.69 Å². The molecule has 6 heteroatoms. The molecule has 1 heterocycles. The summed E-state index contributed by atoms with van der Waals surface area (Å²) in [5.74, 6) is -0.200. The van der Waals surface area contributed by atoms with Gasteiger partial charge >= 0.3 is 0 Å². The monoisotopic (exact) mass is 365 g/mol. The summed E-state index contributed by atoms with van der Waals surface area (Å²) < 4.78 is 0. The molecular weight excluding hydrogens is 346 g/mol. The molecule has 0 aliphatic rings. The molecule has 2 N–H and O–H groups in total. The van der Waals surface area contributed by atoms with E-state index in [9.17, 15) is 9.59 Å². The van der Waals surface area contributed by atoms with Crippen LogP contribution in [0.1, 0.15) is 24.2 Å². The largest absolute Gasteiger partial charge is 0.374 e. The van der Waals surface area contributed by atoms with E-state index >= 15 is 0 Å². The summed E-state index contributed by atoms with van der Waals surface area (Å²) in [5, 5.41) is 8.41. The molecule has 3 rings (SSSR count). The molecule has 3 aromatic rings. The molecule has 5 nitrogen and oxygen atoms in total. The molecule has 0 aliphatic heterocycles. The molecule has 0 fully saturated rings. The number of aromatic nitrogens is 1. The number of thiazole rings is 1. The van der Waals surface area contributed by atoms with Gasteiger partial charge in [-0.15, -0.1) is 11.3 Å². The topological polar surface area (TPSA) is 71.1 Å². The number of anilines is 2. The van der Waals surface area contributed by atoms with Gasteiger partial charge in [0, 0.05) is 22.2 Å². The fraction of sp³-hybridized carbons (Fsp3) is 0.150. The van der Waals surface area contributed by atoms with E-state index in [1.165, 1.54) is 18.3 Å². The van der Waals surface area contributed by atoms with Crippen LogP contribution in [0.2, 0.25) is 0 Å². The van der Waals surface area contributed by atoms with Crippen molar-refractivity contribution in [2.24, 2.45) is 0 Å². The second-order valence-corrected chi connectivity index (χ2v) is 6.75. The zero-order valence-electron chi connectivity index (χ0n) is 14.5. The maximum atomic E-state index is 12.4. The zero-order chi connectivity index (χ0) is 18.5. The van der Waals surface area contributed by atoms with Gasteiger partial charge in [-0.3, -0.25) is 9.59 Å². The minimum atomic E-state index is -0.471. The van der Waals surface area contributed by atoms with Crippen molar-refractivity contribution in [3.63, 3.8) is 0 Å². The third-order valence-corrected chi connectivity index (χ3v) is 4.61. The highest BCUT2D eigenvalue weighted by Crippen LogP contribution is 2.24. The van der Waals surface area contributed by atoms with Crippen LogP contribution in [0, 0.1) is 0 Å². The Balaban J connectivity index is 1.64. The number of amides is 1. The van der Waals surface area contributed by atoms with Crippen LogP contribution in [0.3, 0.4) is 0 Å². The predicted molar refractivity (Wildman–Crippen MR) is 106 cm³/mol. The van der Waals surface area contributed by atoms with Gasteiger partial charge in [0.1, 0.15) is 6.04 Å². The maximum Gasteiger partial charge on any atom is 0.248 e. The fourth-order valence-corrected chi connectivity index (χ4v) is 3.15. The average Bonchev–Trinajstić information content (AvgIpc) is 3.11. The van der Waals surface area contributed by atoms with Gasteiger partial charge in [-0.2, -0.15) is 0 Å². The van der Waals surface area contributed by atoms with Crippen molar-refractivity contribution < 1.29 is 9.59 Å². The first-order chi connectivity index (χ1) is 12.5. The number of benzene rings is 2. The second-order valence-electron chi connectivity index (χ2n) is 5.90. The van der Waals surface area contributed by atoms with Gasteiger partial charge in [-0.05, 0) is 26.0 Å². The van der Waals surface area contributed by atoms with Crippen LogP contribution in [0.4, 0.5) is 10.8 Å². The van der Waals surface area contributed by atoms with E-state index in [1.807, 2.05) is 41.8 Å². The van der Waals surface area contributed by atoms with E-state index in [-0.39, 0.29) is 11.7 Å². The van der Waals surface area contributed by atoms with Crippen molar-refractivity contribution in [1.29, 1.82) is 0 Å². The van der Waals surface area contributed by atoms with Crippen LogP contribution in [-0.4, -0.2) is 22.7 Å². The summed E-state index contributed by atoms with van der Waals surface area (Å²) in [6.45, 7) is 3.28. The Labute approximate surface area is 156 Å². The standard InChI is InChI=1S/C20H19N3O2S/c1-13(21-17-10-6-9-16(11-17)14(2)24)19(25)23-20-22-18(12-26-20)15-7-4-3-5-8-15/h3-13,21H,1-2H3,(H,22,23,25)/t13-/m1/s1. The molecular formula is C20H19N3O2S. The van der Waals surface area contributed by atoms with E-state index in [1.54, 1.807) is 25.1 Å². The lowest BCUT2D eigenvalue weighted by Crippen LogP contribution is -2.31. The first-order valence-corrected chi connectivity index (χ1v) is 9.10. The zero-order valence-corrected chi connectivity index (χ0v) is 15.3. The molecule has 1 atom stereocenters. The summed E-state index contributed by atoms with van der Waals surface area (Å²) in [6, 6.07) is 16.4. The predicted octanol–water partition coefficient (Wildman–Crippen LogP) is 4.45. The summed E-state index contributed by atoms with van der Waals surface area (Å²) in [5.41, 5.74) is 3.18. The normalized spacial score (nSPS) is 11.6. The molecule has 132 valence electrons. The minimum Gasteiger partial charge on any atom is -0.374 e. The van der Waals surface area contributed by atoms with Gasteiger partial charge in [0.15, 0.2) is 10.9 Å². The van der Waals surface area contributed by atoms with Crippen LogP contribution >= 0.6 is 11.3 Å². The van der Waals surface area contributed by atoms with E-state index in [0.29, 0.717) is 10.7 Å². The Morgan fingerprint density at radius 1 is 1.08 bits per heavy atom. The molecule has 1 aromatic heterocycles. The third kappa shape index (κ3) is 4.34. The minimum absolute atomic E-state index is 0.0121. The number of Topliss-reactive ketones (excluding diaryl/α,β-unsaturated/α-hetero) is 1. The lowest BCUT2D eigenvalue weighted by molar-refractivity contribution is -0.116. The van der Waals surface area contributed by atoms with Crippen LogP contribution in [0.15, 0.2) is 60.0 Å². The van der Waals surface area contributed by atoms with Crippen LogP contribution in [0.25, 0.3) is 11.3 Å². The van der Waals surface area contributed by atoms with E-state index in [0.717, 1.165) is 16.9 Å². The number of ketones is 1. The van der Waals surface area contributed by atoms with E-state index in [4.69, 9.17) is 0 Å². The number of nitrogens with one attached hydrogen (secondary N) is 2. The van der Waals surface area contributed by atoms with Gasteiger partial charge in [-0.25, -0.2) is 4.98 Å². The smallest absolute Gasteiger partial charge is 0.248 e. The molecule has 0 bridgehead atoms. The maximum absolute atomic E-state index is 12.4. The Morgan fingerprint density at radius 2 is 1.85 bits per heavy atom. The fourth-order valence-electron chi connectivity index (χ4n) is 2.43. The van der Waals surface area contributed by atoms with Crippen LogP contribution in [0.5, 0.6) is 0 Å². The SMILES string of the molecule is CC(=O)c1cccc(N[C@H](C)C(=O)Nc2nc(-c3ccccc3)cs2)c1. The Morgan fingerprint density at radius 3 is 2.58 bits per heavy atom. The molecule has 0 unspecified atom stereocenters. The number of rotatable bonds is 6. The molecule has 0 saturated heterocycles. The second kappa shape index (κ2) is 7.93. The summed E-state index contributed by atoms with van der Waals surface area (Å²) in [4.78, 5) is 28.3. The molecule has 26 heavy (non-hydrogen) atoms. The van der Waals surface area contributed by atoms with Gasteiger partial charge < -0.3 is 10.6 Å². The molecule has 0 spiro atoms. The van der Waals surface area contributed by atoms with Crippen molar-refractivity contribution in [3.8, 4) is 11.3 Å². The van der Waals surface area contributed by atoms with E-state index in [2.05, 4.69) is 15.6 Å². The Bertz CT molecular complexity index is 922. The number of carbonyl (C=O) groups excluding carboxylic acids is 2.